The molecule has 0 bridgehead atoms. The molecule has 3 aromatic rings. The minimum absolute atomic E-state index is 0.0816. The molecule has 1 aliphatic heterocycles. The number of carboxylic acids is 1. The van der Waals surface area contributed by atoms with Gasteiger partial charge in [-0.2, -0.15) is 0 Å². The highest BCUT2D eigenvalue weighted by Gasteiger charge is 2.24. The molecule has 4 rings (SSSR count). The van der Waals surface area contributed by atoms with Crippen molar-refractivity contribution in [2.24, 2.45) is 5.92 Å². The summed E-state index contributed by atoms with van der Waals surface area (Å²) in [6.07, 6.45) is 2.95. The van der Waals surface area contributed by atoms with Crippen molar-refractivity contribution in [2.45, 2.75) is 39.5 Å². The zero-order valence-corrected chi connectivity index (χ0v) is 16.4. The molecular formula is C22H22NO6-. The van der Waals surface area contributed by atoms with E-state index < -0.39 is 17.5 Å². The molecule has 2 aromatic heterocycles. The van der Waals surface area contributed by atoms with E-state index in [0.29, 0.717) is 42.7 Å². The van der Waals surface area contributed by atoms with Crippen LogP contribution in [0.4, 0.5) is 0 Å². The van der Waals surface area contributed by atoms with Crippen LogP contribution in [0.25, 0.3) is 21.9 Å². The Labute approximate surface area is 166 Å². The van der Waals surface area contributed by atoms with Crippen LogP contribution < -0.4 is 10.7 Å². The van der Waals surface area contributed by atoms with Gasteiger partial charge in [0.05, 0.1) is 6.26 Å². The van der Waals surface area contributed by atoms with E-state index in [1.807, 2.05) is 19.9 Å². The Morgan fingerprint density at radius 3 is 2.55 bits per heavy atom. The lowest BCUT2D eigenvalue weighted by Gasteiger charge is -2.32. The Morgan fingerprint density at radius 2 is 1.86 bits per heavy atom. The molecule has 3 heterocycles. The fraction of sp³-hybridized carbons (Fsp3) is 0.409. The van der Waals surface area contributed by atoms with E-state index in [1.165, 1.54) is 0 Å². The highest BCUT2D eigenvalue weighted by atomic mass is 16.4. The number of amides is 1. The van der Waals surface area contributed by atoms with Crippen LogP contribution in [-0.4, -0.2) is 29.9 Å². The Balaban J connectivity index is 1.54. The van der Waals surface area contributed by atoms with Crippen LogP contribution in [0, 0.1) is 19.8 Å². The molecule has 0 spiro atoms. The van der Waals surface area contributed by atoms with E-state index >= 15 is 0 Å². The largest absolute Gasteiger partial charge is 0.550 e. The van der Waals surface area contributed by atoms with Crippen molar-refractivity contribution in [3.63, 3.8) is 0 Å². The summed E-state index contributed by atoms with van der Waals surface area (Å²) in [7, 11) is 0. The fourth-order valence-electron chi connectivity index (χ4n) is 4.08. The minimum atomic E-state index is -1.05. The smallest absolute Gasteiger partial charge is 0.339 e. The molecule has 0 unspecified atom stereocenters. The second-order valence-electron chi connectivity index (χ2n) is 7.73. The van der Waals surface area contributed by atoms with Gasteiger partial charge in [0.25, 0.3) is 0 Å². The third-order valence-electron chi connectivity index (χ3n) is 5.94. The summed E-state index contributed by atoms with van der Waals surface area (Å²) in [6.45, 7) is 4.63. The normalized spacial score (nSPS) is 15.3. The Morgan fingerprint density at radius 1 is 1.14 bits per heavy atom. The van der Waals surface area contributed by atoms with Gasteiger partial charge in [-0.15, -0.1) is 0 Å². The topological polar surface area (TPSA) is 104 Å². The second kappa shape index (κ2) is 7.39. The lowest BCUT2D eigenvalue weighted by molar-refractivity contribution is -0.312. The molecule has 1 saturated heterocycles. The minimum Gasteiger partial charge on any atom is -0.550 e. The molecule has 1 amide bonds. The molecule has 1 fully saturated rings. The summed E-state index contributed by atoms with van der Waals surface area (Å²) in [5.74, 6) is -1.62. The third kappa shape index (κ3) is 3.52. The molecule has 152 valence electrons. The Hall–Kier alpha value is -3.09. The van der Waals surface area contributed by atoms with Gasteiger partial charge in [0, 0.05) is 53.8 Å². The highest BCUT2D eigenvalue weighted by Crippen LogP contribution is 2.29. The molecule has 0 saturated carbocycles. The zero-order chi connectivity index (χ0) is 20.7. The molecule has 0 atom stereocenters. The van der Waals surface area contributed by atoms with Crippen LogP contribution in [0.3, 0.4) is 0 Å². The van der Waals surface area contributed by atoms with Gasteiger partial charge in [-0.1, -0.05) is 0 Å². The van der Waals surface area contributed by atoms with E-state index in [9.17, 15) is 19.5 Å². The molecule has 1 aliphatic rings. The maximum absolute atomic E-state index is 12.5. The van der Waals surface area contributed by atoms with Crippen molar-refractivity contribution in [3.05, 3.63) is 45.5 Å². The van der Waals surface area contributed by atoms with Crippen molar-refractivity contribution in [2.75, 3.05) is 13.1 Å². The van der Waals surface area contributed by atoms with E-state index in [1.54, 1.807) is 17.2 Å². The van der Waals surface area contributed by atoms with E-state index in [2.05, 4.69) is 0 Å². The number of carboxylic acid groups (broad SMARTS) is 1. The van der Waals surface area contributed by atoms with Crippen molar-refractivity contribution in [3.8, 4) is 0 Å². The summed E-state index contributed by atoms with van der Waals surface area (Å²) in [5.41, 5.74) is 3.00. The molecule has 7 nitrogen and oxygen atoms in total. The first kappa shape index (κ1) is 19.2. The van der Waals surface area contributed by atoms with Crippen molar-refractivity contribution >= 4 is 33.8 Å². The molecule has 29 heavy (non-hydrogen) atoms. The van der Waals surface area contributed by atoms with Gasteiger partial charge in [-0.3, -0.25) is 4.79 Å². The first-order chi connectivity index (χ1) is 13.8. The fourth-order valence-corrected chi connectivity index (χ4v) is 4.08. The molecule has 0 radical (unpaired) electrons. The van der Waals surface area contributed by atoms with Gasteiger partial charge in [-0.05, 0) is 50.3 Å². The maximum atomic E-state index is 12.5. The Bertz CT molecular complexity index is 1160. The van der Waals surface area contributed by atoms with Crippen LogP contribution in [-0.2, 0) is 16.0 Å². The number of nitrogens with zero attached hydrogens (tertiary/aromatic N) is 1. The molecule has 0 N–H and O–H groups in total. The number of hydrogen-bond acceptors (Lipinski definition) is 6. The predicted molar refractivity (Wildman–Crippen MR) is 104 cm³/mol. The number of furan rings is 1. The number of benzene rings is 1. The monoisotopic (exact) mass is 396 g/mol. The number of fused-ring (bicyclic) bond motifs is 2. The number of aliphatic carboxylic acids is 1. The summed E-state index contributed by atoms with van der Waals surface area (Å²) < 4.78 is 11.0. The van der Waals surface area contributed by atoms with Crippen LogP contribution in [0.15, 0.2) is 32.0 Å². The number of rotatable bonds is 4. The molecule has 0 aliphatic carbocycles. The lowest BCUT2D eigenvalue weighted by Crippen LogP contribution is -2.43. The number of carbonyl (C=O) groups is 2. The van der Waals surface area contributed by atoms with Crippen molar-refractivity contribution < 1.29 is 23.5 Å². The maximum Gasteiger partial charge on any atom is 0.339 e. The van der Waals surface area contributed by atoms with Crippen LogP contribution in [0.5, 0.6) is 0 Å². The predicted octanol–water partition coefficient (Wildman–Crippen LogP) is 2.08. The molecular weight excluding hydrogens is 374 g/mol. The first-order valence-corrected chi connectivity index (χ1v) is 9.78. The van der Waals surface area contributed by atoms with Crippen molar-refractivity contribution in [1.82, 2.24) is 4.90 Å². The SMILES string of the molecule is Cc1coc2cc3oc(=O)c(CCC(=O)N4CCC(C(=O)[O-])CC4)c(C)c3cc12. The number of piperidine rings is 1. The van der Waals surface area contributed by atoms with Crippen molar-refractivity contribution in [1.29, 1.82) is 0 Å². The molecule has 1 aromatic carbocycles. The quantitative estimate of drug-likeness (QED) is 0.626. The highest BCUT2D eigenvalue weighted by molar-refractivity contribution is 5.96. The van der Waals surface area contributed by atoms with E-state index in [0.717, 1.165) is 21.9 Å². The van der Waals surface area contributed by atoms with E-state index in [4.69, 9.17) is 8.83 Å². The number of likely N-dealkylation sites (tertiary alicyclic amines) is 1. The lowest BCUT2D eigenvalue weighted by atomic mass is 9.96. The second-order valence-corrected chi connectivity index (χ2v) is 7.73. The summed E-state index contributed by atoms with van der Waals surface area (Å²) >= 11 is 0. The third-order valence-corrected chi connectivity index (χ3v) is 5.94. The van der Waals surface area contributed by atoms with Gasteiger partial charge >= 0.3 is 5.63 Å². The van der Waals surface area contributed by atoms with Gasteiger partial charge in [0.2, 0.25) is 5.91 Å². The summed E-state index contributed by atoms with van der Waals surface area (Å²) in [5, 5.41) is 12.7. The first-order valence-electron chi connectivity index (χ1n) is 9.78. The summed E-state index contributed by atoms with van der Waals surface area (Å²) in [6, 6.07) is 3.68. The average molecular weight is 396 g/mol. The standard InChI is InChI=1S/C22H23NO6/c1-12-11-28-18-10-19-17(9-16(12)18)13(2)15(22(27)29-19)3-4-20(24)23-7-5-14(6-8-23)21(25)26/h9-11,14H,3-8H2,1-2H3,(H,25,26)/p-1. The van der Waals surface area contributed by atoms with E-state index in [-0.39, 0.29) is 18.7 Å². The van der Waals surface area contributed by atoms with Gasteiger partial charge in [-0.25, -0.2) is 4.79 Å². The average Bonchev–Trinajstić information content (AvgIpc) is 3.06. The molecule has 7 heteroatoms. The van der Waals surface area contributed by atoms with Crippen LogP contribution >= 0.6 is 0 Å². The number of aryl methyl sites for hydroxylation is 2. The van der Waals surface area contributed by atoms with Gasteiger partial charge in [0.15, 0.2) is 0 Å². The summed E-state index contributed by atoms with van der Waals surface area (Å²) in [4.78, 5) is 37.7. The van der Waals surface area contributed by atoms with Crippen LogP contribution in [0.2, 0.25) is 0 Å². The number of hydrogen-bond donors (Lipinski definition) is 0. The van der Waals surface area contributed by atoms with Gasteiger partial charge in [0.1, 0.15) is 11.2 Å². The van der Waals surface area contributed by atoms with Gasteiger partial charge < -0.3 is 23.6 Å². The van der Waals surface area contributed by atoms with Crippen LogP contribution in [0.1, 0.15) is 36.0 Å². The Kier molecular flexibility index (Phi) is 4.90. The zero-order valence-electron chi connectivity index (χ0n) is 16.4. The number of carbonyl (C=O) groups excluding carboxylic acids is 2.